The molecule has 202 valence electrons. The number of allylic oxidation sites excluding steroid dienone is 3. The first-order valence-electron chi connectivity index (χ1n) is 11.8. The molecule has 0 saturated heterocycles. The molecule has 4 nitrogen and oxygen atoms in total. The van der Waals surface area contributed by atoms with Gasteiger partial charge in [-0.15, -0.1) is 0 Å². The molecule has 0 bridgehead atoms. The third-order valence-electron chi connectivity index (χ3n) is 5.40. The Morgan fingerprint density at radius 2 is 1.73 bits per heavy atom. The Kier molecular flexibility index (Phi) is 13.1. The Hall–Kier alpha value is -3.13. The van der Waals surface area contributed by atoms with E-state index in [1.807, 2.05) is 12.1 Å². The van der Waals surface area contributed by atoms with Crippen LogP contribution in [-0.2, 0) is 11.0 Å². The Morgan fingerprint density at radius 1 is 1.11 bits per heavy atom. The fourth-order valence-corrected chi connectivity index (χ4v) is 3.96. The molecule has 0 aliphatic carbocycles. The molecule has 0 fully saturated rings. The van der Waals surface area contributed by atoms with E-state index in [9.17, 15) is 18.0 Å². The molecule has 0 aromatic heterocycles. The summed E-state index contributed by atoms with van der Waals surface area (Å²) in [6.45, 7) is 16.6. The maximum Gasteiger partial charge on any atom is 0.416 e. The zero-order valence-electron chi connectivity index (χ0n) is 22.3. The number of anilines is 1. The van der Waals surface area contributed by atoms with E-state index in [-0.39, 0.29) is 6.61 Å². The second-order valence-corrected chi connectivity index (χ2v) is 9.85. The standard InChI is InChI=1S/C21H29NO3S.C8H7F3/c1-7-15(5)16(6)26-20(14(3)4)12-22-18-10-9-11-19(17(18)8-2)25-13-21(23)24;1-6-2-4-7(5-3-6)8(9,10)11/h8-11,22H,2,7,12-13H2,1,3-6H3,(H,23,24);2-5H,1H3/b16-15+;. The van der Waals surface area contributed by atoms with Gasteiger partial charge in [0.1, 0.15) is 5.75 Å². The van der Waals surface area contributed by atoms with Crippen molar-refractivity contribution >= 4 is 29.5 Å². The third-order valence-corrected chi connectivity index (χ3v) is 6.86. The van der Waals surface area contributed by atoms with Gasteiger partial charge < -0.3 is 15.2 Å². The van der Waals surface area contributed by atoms with Gasteiger partial charge in [0.15, 0.2) is 6.61 Å². The van der Waals surface area contributed by atoms with Gasteiger partial charge >= 0.3 is 12.1 Å². The fraction of sp³-hybridized carbons (Fsp3) is 0.345. The van der Waals surface area contributed by atoms with Gasteiger partial charge in [-0.3, -0.25) is 0 Å². The summed E-state index contributed by atoms with van der Waals surface area (Å²) in [5, 5.41) is 12.3. The lowest BCUT2D eigenvalue weighted by atomic mass is 10.1. The molecule has 2 rings (SSSR count). The van der Waals surface area contributed by atoms with Crippen LogP contribution in [0.4, 0.5) is 18.9 Å². The van der Waals surface area contributed by atoms with Crippen LogP contribution in [0, 0.1) is 6.92 Å². The van der Waals surface area contributed by atoms with Crippen molar-refractivity contribution in [3.8, 4) is 5.75 Å². The van der Waals surface area contributed by atoms with Gasteiger partial charge in [0.25, 0.3) is 0 Å². The normalized spacial score (nSPS) is 11.5. The van der Waals surface area contributed by atoms with E-state index in [1.165, 1.54) is 33.1 Å². The Bertz CT molecular complexity index is 1120. The summed E-state index contributed by atoms with van der Waals surface area (Å²) >= 11 is 1.80. The van der Waals surface area contributed by atoms with E-state index in [4.69, 9.17) is 9.84 Å². The number of aryl methyl sites for hydroxylation is 1. The summed E-state index contributed by atoms with van der Waals surface area (Å²) in [5.41, 5.74) is 4.54. The SMILES string of the molecule is C=Cc1c(NCC(S/C(C)=C(\C)CC)=C(C)C)cccc1OCC(=O)O.Cc1ccc(C(F)(F)F)cc1. The lowest BCUT2D eigenvalue weighted by Crippen LogP contribution is -2.11. The van der Waals surface area contributed by atoms with Crippen molar-refractivity contribution in [2.75, 3.05) is 18.5 Å². The molecular formula is C29H36F3NO3S. The molecule has 0 spiro atoms. The number of aliphatic carboxylic acids is 1. The van der Waals surface area contributed by atoms with Crippen LogP contribution in [0.5, 0.6) is 5.75 Å². The summed E-state index contributed by atoms with van der Waals surface area (Å²) in [5.74, 6) is -0.494. The van der Waals surface area contributed by atoms with Crippen LogP contribution in [0.25, 0.3) is 6.08 Å². The van der Waals surface area contributed by atoms with Crippen molar-refractivity contribution in [3.05, 3.63) is 86.7 Å². The lowest BCUT2D eigenvalue weighted by Gasteiger charge is -2.17. The van der Waals surface area contributed by atoms with Crippen LogP contribution in [-0.4, -0.2) is 24.2 Å². The number of hydrogen-bond acceptors (Lipinski definition) is 4. The number of ether oxygens (including phenoxy) is 1. The van der Waals surface area contributed by atoms with Gasteiger partial charge in [0, 0.05) is 22.7 Å². The monoisotopic (exact) mass is 535 g/mol. The van der Waals surface area contributed by atoms with Crippen LogP contribution in [0.2, 0.25) is 0 Å². The number of carbonyl (C=O) groups is 1. The Morgan fingerprint density at radius 3 is 2.22 bits per heavy atom. The van der Waals surface area contributed by atoms with Crippen molar-refractivity contribution in [2.45, 2.75) is 54.1 Å². The van der Waals surface area contributed by atoms with Gasteiger partial charge in [-0.05, 0) is 70.2 Å². The van der Waals surface area contributed by atoms with Crippen molar-refractivity contribution in [2.24, 2.45) is 0 Å². The lowest BCUT2D eigenvalue weighted by molar-refractivity contribution is -0.139. The van der Waals surface area contributed by atoms with Gasteiger partial charge in [-0.2, -0.15) is 13.2 Å². The number of hydrogen-bond donors (Lipinski definition) is 2. The third kappa shape index (κ3) is 11.2. The molecule has 0 aliphatic heterocycles. The van der Waals surface area contributed by atoms with Gasteiger partial charge in [-0.1, -0.05) is 66.2 Å². The molecule has 2 aromatic rings. The fourth-order valence-electron chi connectivity index (χ4n) is 2.93. The highest BCUT2D eigenvalue weighted by Crippen LogP contribution is 2.33. The number of nitrogens with one attached hydrogen (secondary N) is 1. The minimum absolute atomic E-state index is 0.375. The highest BCUT2D eigenvalue weighted by molar-refractivity contribution is 8.06. The average Bonchev–Trinajstić information content (AvgIpc) is 2.84. The summed E-state index contributed by atoms with van der Waals surface area (Å²) in [6.07, 6.45) is -1.49. The largest absolute Gasteiger partial charge is 0.481 e. The maximum absolute atomic E-state index is 11.9. The smallest absolute Gasteiger partial charge is 0.416 e. The van der Waals surface area contributed by atoms with E-state index >= 15 is 0 Å². The topological polar surface area (TPSA) is 58.6 Å². The van der Waals surface area contributed by atoms with E-state index < -0.39 is 17.7 Å². The van der Waals surface area contributed by atoms with Gasteiger partial charge in [0.2, 0.25) is 0 Å². The number of alkyl halides is 3. The minimum atomic E-state index is -4.21. The molecule has 2 aromatic carbocycles. The van der Waals surface area contributed by atoms with Crippen molar-refractivity contribution in [3.63, 3.8) is 0 Å². The van der Waals surface area contributed by atoms with E-state index in [2.05, 4.69) is 46.5 Å². The first-order valence-corrected chi connectivity index (χ1v) is 12.6. The summed E-state index contributed by atoms with van der Waals surface area (Å²) < 4.78 is 41.1. The second-order valence-electron chi connectivity index (χ2n) is 8.54. The first kappa shape index (κ1) is 31.9. The van der Waals surface area contributed by atoms with Crippen LogP contribution in [0.15, 0.2) is 70.0 Å². The molecule has 8 heteroatoms. The van der Waals surface area contributed by atoms with Crippen molar-refractivity contribution < 1.29 is 27.8 Å². The number of carboxylic acid groups (broad SMARTS) is 1. The molecular weight excluding hydrogens is 499 g/mol. The molecule has 2 N–H and O–H groups in total. The number of benzene rings is 2. The molecule has 0 aliphatic rings. The molecule has 0 amide bonds. The van der Waals surface area contributed by atoms with Crippen LogP contribution in [0.3, 0.4) is 0 Å². The van der Waals surface area contributed by atoms with Crippen molar-refractivity contribution in [1.29, 1.82) is 0 Å². The Balaban J connectivity index is 0.000000516. The zero-order valence-corrected chi connectivity index (χ0v) is 23.1. The van der Waals surface area contributed by atoms with E-state index in [0.29, 0.717) is 12.3 Å². The molecule has 0 unspecified atom stereocenters. The van der Waals surface area contributed by atoms with Crippen LogP contribution >= 0.6 is 11.8 Å². The van der Waals surface area contributed by atoms with Crippen molar-refractivity contribution in [1.82, 2.24) is 0 Å². The van der Waals surface area contributed by atoms with Crippen LogP contribution in [0.1, 0.15) is 57.7 Å². The maximum atomic E-state index is 11.9. The quantitative estimate of drug-likeness (QED) is 0.318. The van der Waals surface area contributed by atoms with E-state index in [1.54, 1.807) is 30.8 Å². The molecule has 0 saturated carbocycles. The summed E-state index contributed by atoms with van der Waals surface area (Å²) in [4.78, 5) is 13.3. The number of thioether (sulfide) groups is 1. The highest BCUT2D eigenvalue weighted by Gasteiger charge is 2.29. The molecule has 0 atom stereocenters. The van der Waals surface area contributed by atoms with E-state index in [0.717, 1.165) is 35.4 Å². The molecule has 37 heavy (non-hydrogen) atoms. The average molecular weight is 536 g/mol. The predicted octanol–water partition coefficient (Wildman–Crippen LogP) is 8.95. The number of carboxylic acids is 1. The zero-order chi connectivity index (χ0) is 28.2. The molecule has 0 radical (unpaired) electrons. The van der Waals surface area contributed by atoms with Crippen LogP contribution < -0.4 is 10.1 Å². The first-order chi connectivity index (χ1) is 17.3. The molecule has 0 heterocycles. The Labute approximate surface area is 222 Å². The minimum Gasteiger partial charge on any atom is -0.481 e. The number of halogens is 3. The van der Waals surface area contributed by atoms with Gasteiger partial charge in [-0.25, -0.2) is 4.79 Å². The summed E-state index contributed by atoms with van der Waals surface area (Å²) in [6, 6.07) is 10.6. The highest BCUT2D eigenvalue weighted by atomic mass is 32.2. The summed E-state index contributed by atoms with van der Waals surface area (Å²) in [7, 11) is 0. The second kappa shape index (κ2) is 15.2. The predicted molar refractivity (Wildman–Crippen MR) is 149 cm³/mol. The number of rotatable bonds is 10. The van der Waals surface area contributed by atoms with Gasteiger partial charge in [0.05, 0.1) is 5.56 Å².